The van der Waals surface area contributed by atoms with Crippen LogP contribution in [0.3, 0.4) is 0 Å². The van der Waals surface area contributed by atoms with Crippen LogP contribution in [0.2, 0.25) is 0 Å². The Balaban J connectivity index is 1.52. The number of nitrogens with one attached hydrogen (secondary N) is 1. The number of thioether (sulfide) groups is 1. The number of sulfone groups is 1. The van der Waals surface area contributed by atoms with E-state index >= 15 is 0 Å². The molecule has 2 fully saturated rings. The van der Waals surface area contributed by atoms with E-state index < -0.39 is 15.9 Å². The van der Waals surface area contributed by atoms with Crippen molar-refractivity contribution in [2.75, 3.05) is 54.5 Å². The summed E-state index contributed by atoms with van der Waals surface area (Å²) in [6.07, 6.45) is 0. The van der Waals surface area contributed by atoms with Crippen molar-refractivity contribution in [3.8, 4) is 0 Å². The predicted octanol–water partition coefficient (Wildman–Crippen LogP) is 2.59. The van der Waals surface area contributed by atoms with Crippen LogP contribution in [0.15, 0.2) is 48.5 Å². The Hall–Kier alpha value is -2.36. The fraction of sp³-hybridized carbons (Fsp3) is 0.417. The van der Waals surface area contributed by atoms with Gasteiger partial charge in [-0.25, -0.2) is 8.42 Å². The van der Waals surface area contributed by atoms with E-state index in [9.17, 15) is 18.0 Å². The van der Waals surface area contributed by atoms with Gasteiger partial charge in [-0.15, -0.1) is 0 Å². The van der Waals surface area contributed by atoms with Crippen molar-refractivity contribution in [2.24, 2.45) is 0 Å². The topological polar surface area (TPSA) is 86.8 Å². The lowest BCUT2D eigenvalue weighted by Crippen LogP contribution is -2.46. The van der Waals surface area contributed by atoms with Gasteiger partial charge in [-0.1, -0.05) is 30.3 Å². The van der Waals surface area contributed by atoms with Gasteiger partial charge in [-0.3, -0.25) is 14.5 Å². The number of hydrogen-bond donors (Lipinski definition) is 1. The molecular weight excluding hydrogens is 458 g/mol. The van der Waals surface area contributed by atoms with Crippen molar-refractivity contribution in [1.82, 2.24) is 9.80 Å². The first-order chi connectivity index (χ1) is 15.8. The Morgan fingerprint density at radius 3 is 2.27 bits per heavy atom. The maximum absolute atomic E-state index is 13.4. The van der Waals surface area contributed by atoms with Crippen molar-refractivity contribution in [3.63, 3.8) is 0 Å². The molecule has 7 nitrogen and oxygen atoms in total. The third-order valence-corrected chi connectivity index (χ3v) is 8.69. The molecule has 2 saturated heterocycles. The van der Waals surface area contributed by atoms with Crippen LogP contribution >= 0.6 is 11.8 Å². The highest BCUT2D eigenvalue weighted by Gasteiger charge is 2.32. The maximum atomic E-state index is 13.4. The third kappa shape index (κ3) is 5.77. The van der Waals surface area contributed by atoms with Crippen LogP contribution in [-0.4, -0.2) is 79.2 Å². The molecule has 2 amide bonds. The lowest BCUT2D eigenvalue weighted by molar-refractivity contribution is -0.121. The smallest absolute Gasteiger partial charge is 0.253 e. The summed E-state index contributed by atoms with van der Waals surface area (Å²) in [5.74, 6) is 1.82. The minimum absolute atomic E-state index is 0.0213. The molecule has 0 spiro atoms. The first kappa shape index (κ1) is 23.8. The van der Waals surface area contributed by atoms with Gasteiger partial charge in [0.1, 0.15) is 6.04 Å². The number of nitrogens with zero attached hydrogens (tertiary/aromatic N) is 2. The molecule has 176 valence electrons. The monoisotopic (exact) mass is 487 g/mol. The molecule has 0 aromatic heterocycles. The second-order valence-corrected chi connectivity index (χ2v) is 12.0. The molecular formula is C24H29N3O4S2. The fourth-order valence-corrected chi connectivity index (χ4v) is 6.37. The van der Waals surface area contributed by atoms with E-state index in [4.69, 9.17) is 0 Å². The van der Waals surface area contributed by atoms with Gasteiger partial charge in [-0.2, -0.15) is 11.8 Å². The Labute approximate surface area is 199 Å². The van der Waals surface area contributed by atoms with Crippen molar-refractivity contribution in [2.45, 2.75) is 13.0 Å². The zero-order valence-electron chi connectivity index (χ0n) is 18.7. The van der Waals surface area contributed by atoms with E-state index in [1.807, 2.05) is 64.9 Å². The molecule has 0 bridgehead atoms. The average Bonchev–Trinajstić information content (AvgIpc) is 2.82. The number of aryl methyl sites for hydroxylation is 1. The number of benzene rings is 2. The lowest BCUT2D eigenvalue weighted by atomic mass is 10.0. The second kappa shape index (κ2) is 10.3. The molecule has 0 radical (unpaired) electrons. The molecule has 2 heterocycles. The second-order valence-electron chi connectivity index (χ2n) is 8.42. The van der Waals surface area contributed by atoms with Crippen LogP contribution < -0.4 is 5.32 Å². The fourth-order valence-electron chi connectivity index (χ4n) is 4.24. The van der Waals surface area contributed by atoms with Crippen LogP contribution in [0.5, 0.6) is 0 Å². The van der Waals surface area contributed by atoms with Gasteiger partial charge >= 0.3 is 0 Å². The van der Waals surface area contributed by atoms with E-state index in [-0.39, 0.29) is 23.3 Å². The van der Waals surface area contributed by atoms with E-state index in [1.165, 1.54) is 0 Å². The highest BCUT2D eigenvalue weighted by molar-refractivity contribution is 7.99. The van der Waals surface area contributed by atoms with Gasteiger partial charge in [0.25, 0.3) is 5.91 Å². The van der Waals surface area contributed by atoms with Crippen molar-refractivity contribution in [1.29, 1.82) is 0 Å². The quantitative estimate of drug-likeness (QED) is 0.698. The summed E-state index contributed by atoms with van der Waals surface area (Å²) in [4.78, 5) is 30.0. The minimum Gasteiger partial charge on any atom is -0.337 e. The number of hydrogen-bond acceptors (Lipinski definition) is 6. The standard InChI is InChI=1S/C24H29N3O4S2/c1-18-17-20(24(29)27-9-13-32-14-10-27)7-8-21(18)25-23(28)22(19-5-3-2-4-6-19)26-11-15-33(30,31)16-12-26/h2-8,17,22H,9-16H2,1H3,(H,25,28). The van der Waals surface area contributed by atoms with Crippen LogP contribution in [0.1, 0.15) is 27.5 Å². The Morgan fingerprint density at radius 2 is 1.64 bits per heavy atom. The molecule has 2 aromatic rings. The molecule has 4 rings (SSSR count). The largest absolute Gasteiger partial charge is 0.337 e. The molecule has 0 aliphatic carbocycles. The molecule has 1 unspecified atom stereocenters. The Morgan fingerprint density at radius 1 is 0.970 bits per heavy atom. The number of amides is 2. The average molecular weight is 488 g/mol. The van der Waals surface area contributed by atoms with Gasteiger partial charge in [0.15, 0.2) is 9.84 Å². The molecule has 9 heteroatoms. The highest BCUT2D eigenvalue weighted by Crippen LogP contribution is 2.26. The molecule has 0 saturated carbocycles. The molecule has 2 aromatic carbocycles. The summed E-state index contributed by atoms with van der Waals surface area (Å²) in [5.41, 5.74) is 2.91. The number of anilines is 1. The predicted molar refractivity (Wildman–Crippen MR) is 132 cm³/mol. The van der Waals surface area contributed by atoms with Gasteiger partial charge in [-0.05, 0) is 36.2 Å². The van der Waals surface area contributed by atoms with Crippen molar-refractivity contribution >= 4 is 39.1 Å². The summed E-state index contributed by atoms with van der Waals surface area (Å²) in [6.45, 7) is 4.02. The Kier molecular flexibility index (Phi) is 7.41. The first-order valence-corrected chi connectivity index (χ1v) is 14.1. The summed E-state index contributed by atoms with van der Waals surface area (Å²) in [6, 6.07) is 14.2. The van der Waals surface area contributed by atoms with Crippen LogP contribution in [0.4, 0.5) is 5.69 Å². The zero-order valence-corrected chi connectivity index (χ0v) is 20.3. The summed E-state index contributed by atoms with van der Waals surface area (Å²) >= 11 is 1.86. The molecule has 2 aliphatic heterocycles. The van der Waals surface area contributed by atoms with Gasteiger partial charge < -0.3 is 10.2 Å². The normalized spacial score (nSPS) is 19.6. The molecule has 1 atom stereocenters. The molecule has 33 heavy (non-hydrogen) atoms. The number of carbonyl (C=O) groups is 2. The molecule has 1 N–H and O–H groups in total. The zero-order chi connectivity index (χ0) is 23.4. The maximum Gasteiger partial charge on any atom is 0.253 e. The molecule has 2 aliphatic rings. The van der Waals surface area contributed by atoms with Crippen LogP contribution in [-0.2, 0) is 14.6 Å². The van der Waals surface area contributed by atoms with Crippen molar-refractivity contribution < 1.29 is 18.0 Å². The van der Waals surface area contributed by atoms with E-state index in [0.29, 0.717) is 24.3 Å². The lowest BCUT2D eigenvalue weighted by Gasteiger charge is -2.33. The van der Waals surface area contributed by atoms with Crippen LogP contribution in [0, 0.1) is 6.92 Å². The van der Waals surface area contributed by atoms with Crippen LogP contribution in [0.25, 0.3) is 0 Å². The van der Waals surface area contributed by atoms with E-state index in [0.717, 1.165) is 35.7 Å². The summed E-state index contributed by atoms with van der Waals surface area (Å²) in [5, 5.41) is 3.01. The highest BCUT2D eigenvalue weighted by atomic mass is 32.2. The van der Waals surface area contributed by atoms with Gasteiger partial charge in [0, 0.05) is 48.9 Å². The first-order valence-electron chi connectivity index (χ1n) is 11.1. The number of rotatable bonds is 5. The number of carbonyl (C=O) groups excluding carboxylic acids is 2. The minimum atomic E-state index is -3.06. The van der Waals surface area contributed by atoms with Crippen molar-refractivity contribution in [3.05, 3.63) is 65.2 Å². The van der Waals surface area contributed by atoms with E-state index in [1.54, 1.807) is 12.1 Å². The summed E-state index contributed by atoms with van der Waals surface area (Å²) < 4.78 is 23.8. The Bertz CT molecular complexity index is 1100. The SMILES string of the molecule is Cc1cc(C(=O)N2CCSCC2)ccc1NC(=O)C(c1ccccc1)N1CCS(=O)(=O)CC1. The van der Waals surface area contributed by atoms with Gasteiger partial charge in [0.2, 0.25) is 5.91 Å². The summed E-state index contributed by atoms with van der Waals surface area (Å²) in [7, 11) is -3.06. The van der Waals surface area contributed by atoms with Gasteiger partial charge in [0.05, 0.1) is 11.5 Å². The third-order valence-electron chi connectivity index (χ3n) is 6.14. The van der Waals surface area contributed by atoms with E-state index in [2.05, 4.69) is 5.32 Å².